The molecule has 10 heterocycles. The van der Waals surface area contributed by atoms with Crippen LogP contribution < -0.4 is 17.2 Å². The summed E-state index contributed by atoms with van der Waals surface area (Å²) in [7, 11) is 2.17. The molecule has 0 amide bonds. The molecule has 82 heavy (non-hydrogen) atoms. The molecule has 0 spiro atoms. The standard InChI is InChI=1S/C24H28N6O.C19H18N6O.C19H21N5O/c1-29-12-6-17(7-13-29)20-16-30(22-5-11-26-23(25)28-22)21-14-18(27-15-19(20)21)4-10-24(31)8-2-3-9-24;1-19(2,26)7-5-14-10-16-15(11-23-14)13(4-3-8-20)12-25(16)17-6-9-22-18(21)24-17;1-12(2)15-11-24(17-6-8-21-18(20)23-17)16-9-13(22-10-14(15)16)5-7-19(3,4)25/h5,11,14-17,31H,2-3,6-9,12-13H2,1H3,(H2,25,26,28);6,9-12,26H,3-4H2,1-2H3,(H2,21,22,24);6,8-12,25H,1-4H3,(H2,20,21,23). The Hall–Kier alpha value is -9.28. The third-order valence-electron chi connectivity index (χ3n) is 14.1. The van der Waals surface area contributed by atoms with E-state index in [2.05, 4.69) is 123 Å². The van der Waals surface area contributed by atoms with Crippen molar-refractivity contribution < 1.29 is 15.3 Å². The van der Waals surface area contributed by atoms with Gasteiger partial charge in [-0.25, -0.2) is 29.9 Å². The Kier molecular flexibility index (Phi) is 16.9. The van der Waals surface area contributed by atoms with Gasteiger partial charge in [0.1, 0.15) is 51.3 Å². The first kappa shape index (κ1) is 57.4. The Morgan fingerprint density at radius 1 is 0.646 bits per heavy atom. The van der Waals surface area contributed by atoms with Crippen LogP contribution in [0.4, 0.5) is 17.8 Å². The van der Waals surface area contributed by atoms with E-state index in [-0.39, 0.29) is 17.8 Å². The van der Waals surface area contributed by atoms with E-state index in [1.165, 1.54) is 11.1 Å². The minimum absolute atomic E-state index is 0.180. The van der Waals surface area contributed by atoms with Gasteiger partial charge in [0.15, 0.2) is 0 Å². The van der Waals surface area contributed by atoms with E-state index >= 15 is 0 Å². The molecule has 20 nitrogen and oxygen atoms in total. The second kappa shape index (κ2) is 24.2. The highest BCUT2D eigenvalue weighted by atomic mass is 16.3. The molecule has 9 N–H and O–H groups in total. The lowest BCUT2D eigenvalue weighted by Crippen LogP contribution is -2.29. The van der Waals surface area contributed by atoms with Crippen molar-refractivity contribution in [2.75, 3.05) is 37.3 Å². The van der Waals surface area contributed by atoms with Gasteiger partial charge in [0.2, 0.25) is 17.8 Å². The van der Waals surface area contributed by atoms with Gasteiger partial charge >= 0.3 is 0 Å². The quantitative estimate of drug-likeness (QED) is 0.0843. The third-order valence-corrected chi connectivity index (χ3v) is 14.1. The van der Waals surface area contributed by atoms with Gasteiger partial charge in [-0.2, -0.15) is 20.2 Å². The minimum Gasteiger partial charge on any atom is -0.378 e. The molecule has 1 aliphatic heterocycles. The Labute approximate surface area is 476 Å². The molecule has 2 fully saturated rings. The maximum absolute atomic E-state index is 10.6. The summed E-state index contributed by atoms with van der Waals surface area (Å²) in [5.74, 6) is 21.0. The van der Waals surface area contributed by atoms with Crippen LogP contribution in [0.3, 0.4) is 0 Å². The highest BCUT2D eigenvalue weighted by Gasteiger charge is 2.29. The van der Waals surface area contributed by atoms with E-state index in [0.29, 0.717) is 53.4 Å². The Morgan fingerprint density at radius 2 is 1.10 bits per heavy atom. The summed E-state index contributed by atoms with van der Waals surface area (Å²) >= 11 is 0. The number of likely N-dealkylation sites (tertiary alicyclic amines) is 1. The first-order chi connectivity index (χ1) is 39.1. The van der Waals surface area contributed by atoms with Crippen molar-refractivity contribution in [2.24, 2.45) is 0 Å². The Morgan fingerprint density at radius 3 is 1.59 bits per heavy atom. The lowest BCUT2D eigenvalue weighted by Gasteiger charge is -2.28. The average molecular weight is 1100 g/mol. The van der Waals surface area contributed by atoms with Crippen molar-refractivity contribution in [3.05, 3.63) is 126 Å². The summed E-state index contributed by atoms with van der Waals surface area (Å²) in [5, 5.41) is 42.2. The number of aliphatic hydroxyl groups is 3. The fraction of sp³-hybridized carbons (Fsp3) is 0.355. The zero-order chi connectivity index (χ0) is 58.3. The van der Waals surface area contributed by atoms with Crippen LogP contribution in [0, 0.1) is 46.9 Å². The van der Waals surface area contributed by atoms with E-state index in [0.717, 1.165) is 95.7 Å². The first-order valence-electron chi connectivity index (χ1n) is 27.2. The summed E-state index contributed by atoms with van der Waals surface area (Å²) in [4.78, 5) is 40.7. The lowest BCUT2D eigenvalue weighted by atomic mass is 9.90. The average Bonchev–Trinajstić information content (AvgIpc) is 4.39. The van der Waals surface area contributed by atoms with E-state index < -0.39 is 16.8 Å². The molecule has 11 rings (SSSR count). The van der Waals surface area contributed by atoms with Gasteiger partial charge in [-0.1, -0.05) is 31.6 Å². The maximum Gasteiger partial charge on any atom is 0.221 e. The topological polar surface area (TPSA) is 297 Å². The van der Waals surface area contributed by atoms with Crippen molar-refractivity contribution in [2.45, 2.75) is 122 Å². The summed E-state index contributed by atoms with van der Waals surface area (Å²) in [5.41, 5.74) is 22.3. The monoisotopic (exact) mass is 1100 g/mol. The van der Waals surface area contributed by atoms with Crippen LogP contribution in [0.15, 0.2) is 92.2 Å². The number of nitrogens with two attached hydrogens (primary N) is 3. The first-order valence-corrected chi connectivity index (χ1v) is 27.2. The zero-order valence-corrected chi connectivity index (χ0v) is 47.2. The lowest BCUT2D eigenvalue weighted by molar-refractivity contribution is 0.110. The SMILES string of the molecule is CC(C)(O)C#Cc1cc2c(cn1)c(CCC#N)cn2-c1ccnc(N)n1.CC(C)c1cn(-c2ccnc(N)n2)c2cc(C#CC(C)(C)O)ncc12.CN1CCC(c2cn(-c3ccnc(N)n3)c3cc(C#CC4(O)CCCC4)ncc23)CC1. The Bertz CT molecular complexity index is 4030. The highest BCUT2D eigenvalue weighted by Crippen LogP contribution is 2.36. The number of piperidine rings is 1. The van der Waals surface area contributed by atoms with Crippen LogP contribution in [0.5, 0.6) is 0 Å². The summed E-state index contributed by atoms with van der Waals surface area (Å²) < 4.78 is 5.93. The number of fused-ring (bicyclic) bond motifs is 3. The van der Waals surface area contributed by atoms with E-state index in [1.54, 1.807) is 58.5 Å². The molecular weight excluding hydrogens is 1030 g/mol. The molecule has 1 saturated heterocycles. The molecule has 20 heteroatoms. The maximum atomic E-state index is 10.6. The third kappa shape index (κ3) is 14.0. The second-order valence-electron chi connectivity index (χ2n) is 22.0. The van der Waals surface area contributed by atoms with Gasteiger partial charge in [0.25, 0.3) is 0 Å². The molecule has 0 unspecified atom stereocenters. The van der Waals surface area contributed by atoms with Crippen LogP contribution in [-0.2, 0) is 6.42 Å². The smallest absolute Gasteiger partial charge is 0.221 e. The van der Waals surface area contributed by atoms with Crippen molar-refractivity contribution >= 4 is 50.6 Å². The van der Waals surface area contributed by atoms with E-state index in [4.69, 9.17) is 22.5 Å². The zero-order valence-electron chi connectivity index (χ0n) is 47.2. The molecule has 0 bridgehead atoms. The molecule has 418 valence electrons. The van der Waals surface area contributed by atoms with Crippen molar-refractivity contribution in [1.82, 2.24) is 63.5 Å². The van der Waals surface area contributed by atoms with Crippen LogP contribution in [0.1, 0.15) is 132 Å². The molecular formula is C62H67N17O3. The van der Waals surface area contributed by atoms with Gasteiger partial charge in [0, 0.05) is 78.4 Å². The summed E-state index contributed by atoms with van der Waals surface area (Å²) in [6, 6.07) is 13.3. The number of nitriles is 1. The number of rotatable bonds is 7. The number of pyridine rings is 3. The predicted molar refractivity (Wildman–Crippen MR) is 317 cm³/mol. The van der Waals surface area contributed by atoms with Gasteiger partial charge < -0.3 is 51.1 Å². The van der Waals surface area contributed by atoms with E-state index in [9.17, 15) is 15.3 Å². The minimum atomic E-state index is -1.10. The number of aromatic nitrogens is 12. The number of aryl methyl sites for hydroxylation is 1. The van der Waals surface area contributed by atoms with Gasteiger partial charge in [-0.05, 0) is 175 Å². The van der Waals surface area contributed by atoms with Crippen LogP contribution in [-0.4, -0.2) is 116 Å². The van der Waals surface area contributed by atoms with Crippen molar-refractivity contribution in [3.8, 4) is 59.0 Å². The van der Waals surface area contributed by atoms with Gasteiger partial charge in [0.05, 0.1) is 22.6 Å². The Balaban J connectivity index is 0.000000149. The molecule has 9 aromatic heterocycles. The molecule has 2 aliphatic rings. The van der Waals surface area contributed by atoms with Gasteiger partial charge in [-0.15, -0.1) is 0 Å². The van der Waals surface area contributed by atoms with Crippen LogP contribution in [0.25, 0.3) is 50.2 Å². The normalized spacial score (nSPS) is 14.4. The fourth-order valence-electron chi connectivity index (χ4n) is 9.94. The molecule has 0 aromatic carbocycles. The van der Waals surface area contributed by atoms with E-state index in [1.807, 2.05) is 64.3 Å². The number of hydrogen-bond donors (Lipinski definition) is 6. The number of hydrogen-bond acceptors (Lipinski definition) is 17. The molecule has 0 radical (unpaired) electrons. The van der Waals surface area contributed by atoms with Gasteiger partial charge in [-0.3, -0.25) is 0 Å². The molecule has 1 saturated carbocycles. The number of nitrogens with zero attached hydrogens (tertiary/aromatic N) is 14. The van der Waals surface area contributed by atoms with Crippen LogP contribution >= 0.6 is 0 Å². The molecule has 9 aromatic rings. The van der Waals surface area contributed by atoms with Crippen molar-refractivity contribution in [1.29, 1.82) is 5.26 Å². The summed E-state index contributed by atoms with van der Waals surface area (Å²) in [6.45, 7) is 13.0. The molecule has 1 aliphatic carbocycles. The molecule has 0 atom stereocenters. The highest BCUT2D eigenvalue weighted by molar-refractivity contribution is 5.88. The number of nitrogen functional groups attached to an aromatic ring is 3. The van der Waals surface area contributed by atoms with Crippen LogP contribution in [0.2, 0.25) is 0 Å². The predicted octanol–water partition coefficient (Wildman–Crippen LogP) is 7.48. The summed E-state index contributed by atoms with van der Waals surface area (Å²) in [6.07, 6.45) is 23.3. The number of anilines is 3. The van der Waals surface area contributed by atoms with Crippen molar-refractivity contribution in [3.63, 3.8) is 0 Å². The largest absolute Gasteiger partial charge is 0.378 e. The fourth-order valence-corrected chi connectivity index (χ4v) is 9.94. The second-order valence-corrected chi connectivity index (χ2v) is 22.0.